The van der Waals surface area contributed by atoms with Crippen molar-refractivity contribution < 1.29 is 32.2 Å². The van der Waals surface area contributed by atoms with E-state index in [1.54, 1.807) is 19.9 Å². The summed E-state index contributed by atoms with van der Waals surface area (Å²) in [6.07, 6.45) is 0. The number of methoxy groups -OCH3 is 3. The number of hydrogen-bond acceptors (Lipinski definition) is 7. The molecule has 0 aromatic heterocycles. The van der Waals surface area contributed by atoms with E-state index < -0.39 is 21.6 Å². The summed E-state index contributed by atoms with van der Waals surface area (Å²) in [5, 5.41) is 0.368. The molecule has 0 radical (unpaired) electrons. The van der Waals surface area contributed by atoms with Crippen LogP contribution in [-0.4, -0.2) is 47.9 Å². The zero-order chi connectivity index (χ0) is 23.9. The molecule has 2 rings (SSSR count). The molecular formula is C22H24ClNO7S. The second-order valence-electron chi connectivity index (χ2n) is 6.90. The predicted molar refractivity (Wildman–Crippen MR) is 121 cm³/mol. The molecule has 0 spiro atoms. The van der Waals surface area contributed by atoms with Crippen LogP contribution >= 0.6 is 11.6 Å². The molecular weight excluding hydrogens is 458 g/mol. The minimum atomic E-state index is -4.05. The van der Waals surface area contributed by atoms with E-state index in [-0.39, 0.29) is 22.9 Å². The molecule has 8 nitrogen and oxygen atoms in total. The molecule has 2 aromatic rings. The molecule has 1 N–H and O–H groups in total. The van der Waals surface area contributed by atoms with Gasteiger partial charge in [-0.3, -0.25) is 4.72 Å². The first kappa shape index (κ1) is 25.3. The van der Waals surface area contributed by atoms with Crippen LogP contribution in [0.3, 0.4) is 0 Å². The van der Waals surface area contributed by atoms with Crippen LogP contribution in [0.15, 0.2) is 41.3 Å². The number of nitrogens with one attached hydrogen (secondary N) is 1. The van der Waals surface area contributed by atoms with Crippen LogP contribution in [0, 0.1) is 11.8 Å². The Balaban J connectivity index is 2.33. The molecule has 0 aliphatic carbocycles. The summed E-state index contributed by atoms with van der Waals surface area (Å²) in [7, 11) is 0.0174. The summed E-state index contributed by atoms with van der Waals surface area (Å²) in [5.74, 6) is 5.53. The third-order valence-electron chi connectivity index (χ3n) is 4.29. The van der Waals surface area contributed by atoms with E-state index in [1.807, 2.05) is 0 Å². The summed E-state index contributed by atoms with van der Waals surface area (Å²) in [5.41, 5.74) is -0.646. The highest BCUT2D eigenvalue weighted by Gasteiger charge is 2.29. The Kier molecular flexibility index (Phi) is 8.38. The molecule has 32 heavy (non-hydrogen) atoms. The normalized spacial score (nSPS) is 11.2. The van der Waals surface area contributed by atoms with E-state index in [4.69, 9.17) is 25.8 Å². The second-order valence-corrected chi connectivity index (χ2v) is 8.99. The lowest BCUT2D eigenvalue weighted by atomic mass is 10.1. The smallest absolute Gasteiger partial charge is 0.337 e. The van der Waals surface area contributed by atoms with Gasteiger partial charge in [0.15, 0.2) is 5.60 Å². The fraction of sp³-hybridized carbons (Fsp3) is 0.318. The first-order valence-corrected chi connectivity index (χ1v) is 11.2. The van der Waals surface area contributed by atoms with Crippen molar-refractivity contribution in [2.75, 3.05) is 32.7 Å². The van der Waals surface area contributed by atoms with Crippen LogP contribution in [0.2, 0.25) is 5.02 Å². The topological polar surface area (TPSA) is 100 Å². The Morgan fingerprint density at radius 3 is 2.44 bits per heavy atom. The van der Waals surface area contributed by atoms with Crippen LogP contribution in [0.1, 0.15) is 19.4 Å². The minimum absolute atomic E-state index is 0.0927. The molecule has 172 valence electrons. The zero-order valence-electron chi connectivity index (χ0n) is 18.3. The number of benzene rings is 2. The molecule has 0 aliphatic heterocycles. The number of carbonyl (C=O) groups excluding carboxylic acids is 1. The number of hydrogen-bond donors (Lipinski definition) is 1. The molecule has 0 aliphatic rings. The number of anilines is 1. The average molecular weight is 482 g/mol. The molecule has 0 unspecified atom stereocenters. The minimum Gasteiger partial charge on any atom is -0.497 e. The van der Waals surface area contributed by atoms with Gasteiger partial charge >= 0.3 is 5.97 Å². The number of carbonyl (C=O) groups is 1. The van der Waals surface area contributed by atoms with E-state index in [0.29, 0.717) is 16.3 Å². The molecule has 0 heterocycles. The van der Waals surface area contributed by atoms with Gasteiger partial charge in [0.2, 0.25) is 0 Å². The number of ether oxygens (including phenoxy) is 4. The monoisotopic (exact) mass is 481 g/mol. The van der Waals surface area contributed by atoms with Crippen molar-refractivity contribution in [3.63, 3.8) is 0 Å². The Labute approximate surface area is 192 Å². The summed E-state index contributed by atoms with van der Waals surface area (Å²) in [6.45, 7) is 3.02. The number of rotatable bonds is 8. The summed E-state index contributed by atoms with van der Waals surface area (Å²) >= 11 is 6.06. The molecule has 0 amide bonds. The number of halogens is 1. The van der Waals surface area contributed by atoms with Crippen molar-refractivity contribution in [2.45, 2.75) is 24.3 Å². The van der Waals surface area contributed by atoms with Gasteiger partial charge in [-0.15, -0.1) is 0 Å². The van der Waals surface area contributed by atoms with Crippen molar-refractivity contribution in [3.8, 4) is 23.3 Å². The first-order chi connectivity index (χ1) is 15.0. The standard InChI is InChI=1S/C22H24ClNO7S/c1-22(2,21(25)30-5)31-12-6-7-15-13-16(23)8-10-18(15)24-32(26,27)20-14-17(28-3)9-11-19(20)29-4/h8-11,13-14,24H,12H2,1-5H3. The van der Waals surface area contributed by atoms with Crippen molar-refractivity contribution in [1.82, 2.24) is 0 Å². The first-order valence-electron chi connectivity index (χ1n) is 9.29. The lowest BCUT2D eigenvalue weighted by Gasteiger charge is -2.20. The van der Waals surface area contributed by atoms with Crippen molar-refractivity contribution in [3.05, 3.63) is 47.0 Å². The van der Waals surface area contributed by atoms with E-state index in [1.165, 1.54) is 51.7 Å². The highest BCUT2D eigenvalue weighted by atomic mass is 35.5. The fourth-order valence-electron chi connectivity index (χ4n) is 2.56. The average Bonchev–Trinajstić information content (AvgIpc) is 2.77. The van der Waals surface area contributed by atoms with Gasteiger partial charge in [0.05, 0.1) is 32.6 Å². The van der Waals surface area contributed by atoms with Gasteiger partial charge in [-0.05, 0) is 44.2 Å². The lowest BCUT2D eigenvalue weighted by molar-refractivity contribution is -0.163. The molecule has 0 saturated heterocycles. The van der Waals surface area contributed by atoms with Gasteiger partial charge in [-0.25, -0.2) is 13.2 Å². The van der Waals surface area contributed by atoms with Crippen molar-refractivity contribution >= 4 is 33.3 Å². The summed E-state index contributed by atoms with van der Waals surface area (Å²) in [4.78, 5) is 11.6. The van der Waals surface area contributed by atoms with Crippen molar-refractivity contribution in [1.29, 1.82) is 0 Å². The predicted octanol–water partition coefficient (Wildman–Crippen LogP) is 3.48. The molecule has 0 atom stereocenters. The fourth-order valence-corrected chi connectivity index (χ4v) is 3.99. The molecule has 10 heteroatoms. The third kappa shape index (κ3) is 6.29. The molecule has 0 saturated carbocycles. The summed E-state index contributed by atoms with van der Waals surface area (Å²) in [6, 6.07) is 8.98. The maximum atomic E-state index is 13.1. The van der Waals surface area contributed by atoms with Crippen LogP contribution in [0.4, 0.5) is 5.69 Å². The number of sulfonamides is 1. The third-order valence-corrected chi connectivity index (χ3v) is 5.91. The summed E-state index contributed by atoms with van der Waals surface area (Å²) < 4.78 is 49.0. The Bertz CT molecular complexity index is 1150. The Morgan fingerprint density at radius 1 is 1.09 bits per heavy atom. The van der Waals surface area contributed by atoms with Gasteiger partial charge in [0.1, 0.15) is 23.0 Å². The Hall–Kier alpha value is -2.93. The molecule has 0 fully saturated rings. The second kappa shape index (κ2) is 10.6. The quantitative estimate of drug-likeness (QED) is 0.455. The zero-order valence-corrected chi connectivity index (χ0v) is 19.9. The lowest BCUT2D eigenvalue weighted by Crippen LogP contribution is -2.36. The van der Waals surface area contributed by atoms with Crippen LogP contribution < -0.4 is 14.2 Å². The van der Waals surface area contributed by atoms with Gasteiger partial charge in [0.25, 0.3) is 10.0 Å². The van der Waals surface area contributed by atoms with Crippen LogP contribution in [-0.2, 0) is 24.3 Å². The van der Waals surface area contributed by atoms with E-state index >= 15 is 0 Å². The van der Waals surface area contributed by atoms with Crippen molar-refractivity contribution in [2.24, 2.45) is 0 Å². The largest absolute Gasteiger partial charge is 0.497 e. The van der Waals surface area contributed by atoms with Crippen LogP contribution in [0.5, 0.6) is 11.5 Å². The van der Waals surface area contributed by atoms with E-state index in [9.17, 15) is 13.2 Å². The van der Waals surface area contributed by atoms with Crippen LogP contribution in [0.25, 0.3) is 0 Å². The van der Waals surface area contributed by atoms with Gasteiger partial charge in [-0.1, -0.05) is 23.4 Å². The highest BCUT2D eigenvalue weighted by Crippen LogP contribution is 2.31. The highest BCUT2D eigenvalue weighted by molar-refractivity contribution is 7.92. The molecule has 2 aromatic carbocycles. The maximum Gasteiger partial charge on any atom is 0.337 e. The van der Waals surface area contributed by atoms with Gasteiger partial charge in [-0.2, -0.15) is 0 Å². The van der Waals surface area contributed by atoms with Gasteiger partial charge < -0.3 is 18.9 Å². The molecule has 0 bridgehead atoms. The SMILES string of the molecule is COC(=O)C(C)(C)OCC#Cc1cc(Cl)ccc1NS(=O)(=O)c1cc(OC)ccc1OC. The maximum absolute atomic E-state index is 13.1. The number of esters is 1. The van der Waals surface area contributed by atoms with Gasteiger partial charge in [0, 0.05) is 11.1 Å². The Morgan fingerprint density at radius 2 is 1.81 bits per heavy atom. The van der Waals surface area contributed by atoms with E-state index in [0.717, 1.165) is 0 Å². The van der Waals surface area contributed by atoms with E-state index in [2.05, 4.69) is 21.3 Å².